The zero-order chi connectivity index (χ0) is 10.1. The van der Waals surface area contributed by atoms with Crippen LogP contribution >= 0.6 is 11.3 Å². The van der Waals surface area contributed by atoms with Crippen LogP contribution < -0.4 is 5.32 Å². The molecule has 1 aliphatic rings. The molecule has 1 saturated heterocycles. The molecule has 0 spiro atoms. The largest absolute Gasteiger partial charge is 0.307 e. The fourth-order valence-corrected chi connectivity index (χ4v) is 2.52. The van der Waals surface area contributed by atoms with Gasteiger partial charge in [-0.2, -0.15) is 5.10 Å². The molecule has 1 unspecified atom stereocenters. The second kappa shape index (κ2) is 3.75. The Hall–Kier alpha value is -1.20. The summed E-state index contributed by atoms with van der Waals surface area (Å²) >= 11 is 1.67. The first-order valence-electron chi connectivity index (χ1n) is 5.13. The van der Waals surface area contributed by atoms with Crippen LogP contribution in [-0.4, -0.2) is 21.7 Å². The lowest BCUT2D eigenvalue weighted by Crippen LogP contribution is -2.14. The zero-order valence-electron chi connectivity index (χ0n) is 8.23. The molecule has 0 radical (unpaired) electrons. The predicted octanol–water partition coefficient (Wildman–Crippen LogP) is 1.96. The molecule has 1 fully saturated rings. The van der Waals surface area contributed by atoms with Crippen LogP contribution in [0.25, 0.3) is 10.7 Å². The van der Waals surface area contributed by atoms with Gasteiger partial charge in [-0.1, -0.05) is 6.07 Å². The molecule has 0 aromatic carbocycles. The van der Waals surface area contributed by atoms with Gasteiger partial charge in [-0.25, -0.2) is 4.98 Å². The van der Waals surface area contributed by atoms with Gasteiger partial charge in [-0.3, -0.25) is 5.10 Å². The van der Waals surface area contributed by atoms with Gasteiger partial charge in [0.1, 0.15) is 5.82 Å². The summed E-state index contributed by atoms with van der Waals surface area (Å²) in [6.45, 7) is 1.08. The van der Waals surface area contributed by atoms with Gasteiger partial charge in [0.25, 0.3) is 0 Å². The van der Waals surface area contributed by atoms with E-state index in [4.69, 9.17) is 0 Å². The molecular formula is C10H12N4S. The fraction of sp³-hybridized carbons (Fsp3) is 0.400. The maximum Gasteiger partial charge on any atom is 0.191 e. The topological polar surface area (TPSA) is 53.6 Å². The first-order chi connectivity index (χ1) is 7.43. The second-order valence-electron chi connectivity index (χ2n) is 3.67. The Labute approximate surface area is 91.7 Å². The average molecular weight is 220 g/mol. The van der Waals surface area contributed by atoms with E-state index in [0.717, 1.165) is 29.5 Å². The third-order valence-corrected chi connectivity index (χ3v) is 3.50. The molecule has 0 saturated carbocycles. The lowest BCUT2D eigenvalue weighted by atomic mass is 10.2. The highest BCUT2D eigenvalue weighted by Crippen LogP contribution is 2.24. The van der Waals surface area contributed by atoms with Crippen molar-refractivity contribution in [1.82, 2.24) is 20.5 Å². The number of aromatic amines is 1. The summed E-state index contributed by atoms with van der Waals surface area (Å²) < 4.78 is 0. The first kappa shape index (κ1) is 9.06. The van der Waals surface area contributed by atoms with E-state index >= 15 is 0 Å². The summed E-state index contributed by atoms with van der Waals surface area (Å²) in [7, 11) is 0. The van der Waals surface area contributed by atoms with Crippen molar-refractivity contribution in [2.45, 2.75) is 18.9 Å². The van der Waals surface area contributed by atoms with Crippen molar-refractivity contribution in [1.29, 1.82) is 0 Å². The molecule has 5 heteroatoms. The third-order valence-electron chi connectivity index (χ3n) is 2.63. The molecule has 15 heavy (non-hydrogen) atoms. The Morgan fingerprint density at radius 2 is 2.47 bits per heavy atom. The average Bonchev–Trinajstić information content (AvgIpc) is 3.02. The molecule has 0 amide bonds. The zero-order valence-corrected chi connectivity index (χ0v) is 9.05. The maximum atomic E-state index is 4.52. The minimum absolute atomic E-state index is 0.367. The SMILES string of the molecule is c1csc(-c2n[nH]c(C3CCCN3)n2)c1. The van der Waals surface area contributed by atoms with E-state index in [1.807, 2.05) is 17.5 Å². The van der Waals surface area contributed by atoms with Crippen LogP contribution in [0.4, 0.5) is 0 Å². The molecule has 78 valence electrons. The van der Waals surface area contributed by atoms with Crippen molar-refractivity contribution in [2.24, 2.45) is 0 Å². The molecule has 2 aromatic heterocycles. The van der Waals surface area contributed by atoms with Crippen LogP contribution in [0.15, 0.2) is 17.5 Å². The monoisotopic (exact) mass is 220 g/mol. The van der Waals surface area contributed by atoms with Crippen molar-refractivity contribution < 1.29 is 0 Å². The summed E-state index contributed by atoms with van der Waals surface area (Å²) in [6.07, 6.45) is 2.37. The van der Waals surface area contributed by atoms with Gasteiger partial charge in [0.05, 0.1) is 10.9 Å². The number of nitrogens with zero attached hydrogens (tertiary/aromatic N) is 2. The molecule has 0 aliphatic carbocycles. The minimum Gasteiger partial charge on any atom is -0.307 e. The van der Waals surface area contributed by atoms with E-state index < -0.39 is 0 Å². The van der Waals surface area contributed by atoms with Gasteiger partial charge < -0.3 is 5.32 Å². The number of thiophene rings is 1. The quantitative estimate of drug-likeness (QED) is 0.813. The van der Waals surface area contributed by atoms with Gasteiger partial charge in [-0.05, 0) is 30.8 Å². The highest BCUT2D eigenvalue weighted by Gasteiger charge is 2.20. The molecule has 4 nitrogen and oxygen atoms in total. The summed E-state index contributed by atoms with van der Waals surface area (Å²) in [5.41, 5.74) is 0. The maximum absolute atomic E-state index is 4.52. The van der Waals surface area contributed by atoms with Crippen LogP contribution in [-0.2, 0) is 0 Å². The van der Waals surface area contributed by atoms with E-state index in [1.165, 1.54) is 6.42 Å². The van der Waals surface area contributed by atoms with Crippen molar-refractivity contribution in [2.75, 3.05) is 6.54 Å². The lowest BCUT2D eigenvalue weighted by Gasteiger charge is -2.03. The van der Waals surface area contributed by atoms with E-state index in [1.54, 1.807) is 11.3 Å². The number of nitrogens with one attached hydrogen (secondary N) is 2. The van der Waals surface area contributed by atoms with E-state index in [2.05, 4.69) is 20.5 Å². The molecule has 2 N–H and O–H groups in total. The van der Waals surface area contributed by atoms with Crippen LogP contribution in [0.3, 0.4) is 0 Å². The summed E-state index contributed by atoms with van der Waals surface area (Å²) in [4.78, 5) is 5.64. The van der Waals surface area contributed by atoms with Crippen LogP contribution in [0.1, 0.15) is 24.7 Å². The molecule has 3 heterocycles. The van der Waals surface area contributed by atoms with Crippen LogP contribution in [0.5, 0.6) is 0 Å². The van der Waals surface area contributed by atoms with Gasteiger partial charge in [0, 0.05) is 0 Å². The highest BCUT2D eigenvalue weighted by molar-refractivity contribution is 7.13. The number of H-pyrrole nitrogens is 1. The lowest BCUT2D eigenvalue weighted by molar-refractivity contribution is 0.608. The van der Waals surface area contributed by atoms with Gasteiger partial charge in [0.2, 0.25) is 0 Å². The second-order valence-corrected chi connectivity index (χ2v) is 4.62. The predicted molar refractivity (Wildman–Crippen MR) is 59.7 cm³/mol. The van der Waals surface area contributed by atoms with Crippen molar-refractivity contribution in [3.8, 4) is 10.7 Å². The van der Waals surface area contributed by atoms with Crippen molar-refractivity contribution in [3.63, 3.8) is 0 Å². The number of rotatable bonds is 2. The Bertz CT molecular complexity index is 428. The van der Waals surface area contributed by atoms with E-state index in [9.17, 15) is 0 Å². The Morgan fingerprint density at radius 1 is 1.47 bits per heavy atom. The molecule has 1 atom stereocenters. The van der Waals surface area contributed by atoms with Gasteiger partial charge in [-0.15, -0.1) is 11.3 Å². The molecule has 1 aliphatic heterocycles. The minimum atomic E-state index is 0.367. The van der Waals surface area contributed by atoms with Crippen molar-refractivity contribution in [3.05, 3.63) is 23.3 Å². The number of aromatic nitrogens is 3. The summed E-state index contributed by atoms with van der Waals surface area (Å²) in [5.74, 6) is 1.78. The molecular weight excluding hydrogens is 208 g/mol. The van der Waals surface area contributed by atoms with Gasteiger partial charge >= 0.3 is 0 Å². The summed E-state index contributed by atoms with van der Waals surface area (Å²) in [6, 6.07) is 4.43. The standard InChI is InChI=1S/C10H12N4S/c1-3-7(11-5-1)9-12-10(14-13-9)8-4-2-6-15-8/h2,4,6-7,11H,1,3,5H2,(H,12,13,14). The smallest absolute Gasteiger partial charge is 0.191 e. The number of hydrogen-bond acceptors (Lipinski definition) is 4. The normalized spacial score (nSPS) is 20.9. The molecule has 2 aromatic rings. The third kappa shape index (κ3) is 1.68. The Balaban J connectivity index is 1.87. The van der Waals surface area contributed by atoms with Crippen LogP contribution in [0.2, 0.25) is 0 Å². The Kier molecular flexibility index (Phi) is 2.26. The number of hydrogen-bond donors (Lipinski definition) is 2. The highest BCUT2D eigenvalue weighted by atomic mass is 32.1. The van der Waals surface area contributed by atoms with Crippen molar-refractivity contribution >= 4 is 11.3 Å². The summed E-state index contributed by atoms with van der Waals surface area (Å²) in [5, 5.41) is 12.7. The molecule has 3 rings (SSSR count). The Morgan fingerprint density at radius 3 is 3.20 bits per heavy atom. The van der Waals surface area contributed by atoms with Gasteiger partial charge in [0.15, 0.2) is 5.82 Å². The fourth-order valence-electron chi connectivity index (χ4n) is 1.86. The van der Waals surface area contributed by atoms with E-state index in [-0.39, 0.29) is 0 Å². The molecule has 0 bridgehead atoms. The van der Waals surface area contributed by atoms with Crippen LogP contribution in [0, 0.1) is 0 Å². The van der Waals surface area contributed by atoms with E-state index in [0.29, 0.717) is 6.04 Å². The first-order valence-corrected chi connectivity index (χ1v) is 6.01.